The molecule has 2 N–H and O–H groups in total. The van der Waals surface area contributed by atoms with Gasteiger partial charge in [-0.25, -0.2) is 4.98 Å². The molecule has 1 fully saturated rings. The molecular formula is C13H15Cl2N5S. The highest BCUT2D eigenvalue weighted by Gasteiger charge is 2.29. The fourth-order valence-corrected chi connectivity index (χ4v) is 4.01. The molecule has 0 spiro atoms. The van der Waals surface area contributed by atoms with Gasteiger partial charge in [-0.05, 0) is 25.8 Å². The molecule has 0 bridgehead atoms. The van der Waals surface area contributed by atoms with E-state index in [0.717, 1.165) is 35.1 Å². The molecule has 2 aromatic heterocycles. The van der Waals surface area contributed by atoms with Crippen molar-refractivity contribution in [3.05, 3.63) is 33.3 Å². The van der Waals surface area contributed by atoms with E-state index in [2.05, 4.69) is 19.7 Å². The van der Waals surface area contributed by atoms with E-state index in [1.54, 1.807) is 11.8 Å². The number of pyridine rings is 1. The van der Waals surface area contributed by atoms with Crippen LogP contribution in [0.25, 0.3) is 0 Å². The number of halogens is 2. The van der Waals surface area contributed by atoms with E-state index in [4.69, 9.17) is 28.9 Å². The average Bonchev–Trinajstić information content (AvgIpc) is 3.18. The van der Waals surface area contributed by atoms with Crippen molar-refractivity contribution in [1.29, 1.82) is 0 Å². The van der Waals surface area contributed by atoms with Crippen molar-refractivity contribution in [3.63, 3.8) is 0 Å². The van der Waals surface area contributed by atoms with E-state index >= 15 is 0 Å². The van der Waals surface area contributed by atoms with Gasteiger partial charge in [0.25, 0.3) is 0 Å². The van der Waals surface area contributed by atoms with Crippen LogP contribution < -0.4 is 5.73 Å². The summed E-state index contributed by atoms with van der Waals surface area (Å²) in [6.45, 7) is 2.27. The van der Waals surface area contributed by atoms with E-state index < -0.39 is 0 Å². The number of aromatic nitrogens is 4. The first-order valence-electron chi connectivity index (χ1n) is 6.68. The van der Waals surface area contributed by atoms with Gasteiger partial charge in [-0.3, -0.25) is 0 Å². The zero-order valence-corrected chi connectivity index (χ0v) is 13.8. The molecule has 112 valence electrons. The number of rotatable bonds is 5. The summed E-state index contributed by atoms with van der Waals surface area (Å²) in [6, 6.07) is 2.31. The lowest BCUT2D eigenvalue weighted by atomic mass is 10.3. The molecule has 1 aliphatic carbocycles. The minimum absolute atomic E-state index is 0.400. The van der Waals surface area contributed by atoms with Crippen LogP contribution in [0.5, 0.6) is 0 Å². The molecule has 3 rings (SSSR count). The van der Waals surface area contributed by atoms with Crippen LogP contribution in [0.4, 0.5) is 0 Å². The number of hydrogen-bond donors (Lipinski definition) is 1. The molecule has 1 saturated carbocycles. The molecule has 2 heterocycles. The molecule has 0 aliphatic heterocycles. The molecule has 0 radical (unpaired) electrons. The van der Waals surface area contributed by atoms with Gasteiger partial charge in [0.2, 0.25) is 0 Å². The van der Waals surface area contributed by atoms with Crippen LogP contribution in [-0.2, 0) is 12.3 Å². The fraction of sp³-hybridized carbons (Fsp3) is 0.462. The lowest BCUT2D eigenvalue weighted by molar-refractivity contribution is 0.626. The van der Waals surface area contributed by atoms with E-state index in [0.29, 0.717) is 28.5 Å². The third-order valence-electron chi connectivity index (χ3n) is 3.32. The van der Waals surface area contributed by atoms with Crippen LogP contribution in [0.2, 0.25) is 10.2 Å². The second kappa shape index (κ2) is 6.12. The number of aryl methyl sites for hydroxylation is 1. The van der Waals surface area contributed by atoms with Crippen LogP contribution >= 0.6 is 35.0 Å². The van der Waals surface area contributed by atoms with Crippen molar-refractivity contribution in [2.75, 3.05) is 0 Å². The van der Waals surface area contributed by atoms with Crippen molar-refractivity contribution in [2.45, 2.75) is 43.3 Å². The number of hydrogen-bond acceptors (Lipinski definition) is 5. The normalized spacial score (nSPS) is 14.7. The second-order valence-electron chi connectivity index (χ2n) is 5.01. The lowest BCUT2D eigenvalue weighted by Crippen LogP contribution is -2.08. The van der Waals surface area contributed by atoms with Crippen molar-refractivity contribution in [3.8, 4) is 0 Å². The Bertz CT molecular complexity index is 646. The summed E-state index contributed by atoms with van der Waals surface area (Å²) in [6.07, 6.45) is 2.32. The first-order valence-corrected chi connectivity index (χ1v) is 8.42. The van der Waals surface area contributed by atoms with Crippen molar-refractivity contribution >= 4 is 35.0 Å². The number of thioether (sulfide) groups is 1. The van der Waals surface area contributed by atoms with Gasteiger partial charge in [0, 0.05) is 28.1 Å². The smallest absolute Gasteiger partial charge is 0.191 e. The molecule has 5 nitrogen and oxygen atoms in total. The zero-order valence-electron chi connectivity index (χ0n) is 11.5. The maximum absolute atomic E-state index is 6.25. The highest BCUT2D eigenvalue weighted by molar-refractivity contribution is 7.98. The third kappa shape index (κ3) is 3.18. The van der Waals surface area contributed by atoms with Crippen LogP contribution in [0.3, 0.4) is 0 Å². The summed E-state index contributed by atoms with van der Waals surface area (Å²) >= 11 is 14.0. The lowest BCUT2D eigenvalue weighted by Gasteiger charge is -2.09. The van der Waals surface area contributed by atoms with Crippen molar-refractivity contribution in [2.24, 2.45) is 5.73 Å². The summed E-state index contributed by atoms with van der Waals surface area (Å²) < 4.78 is 2.13. The number of nitrogens with two attached hydrogens (primary N) is 1. The Kier molecular flexibility index (Phi) is 4.40. The monoisotopic (exact) mass is 343 g/mol. The molecule has 0 unspecified atom stereocenters. The number of nitrogens with zero attached hydrogens (tertiary/aromatic N) is 4. The van der Waals surface area contributed by atoms with Gasteiger partial charge in [-0.2, -0.15) is 0 Å². The minimum Gasteiger partial charge on any atom is -0.324 e. The molecule has 0 saturated heterocycles. The van der Waals surface area contributed by atoms with Crippen LogP contribution in [-0.4, -0.2) is 19.7 Å². The molecule has 1 aliphatic rings. The Morgan fingerprint density at radius 1 is 1.38 bits per heavy atom. The molecule has 0 amide bonds. The van der Waals surface area contributed by atoms with Gasteiger partial charge in [-0.15, -0.1) is 10.2 Å². The largest absolute Gasteiger partial charge is 0.324 e. The van der Waals surface area contributed by atoms with Gasteiger partial charge in [0.1, 0.15) is 11.0 Å². The Morgan fingerprint density at radius 3 is 2.76 bits per heavy atom. The summed E-state index contributed by atoms with van der Waals surface area (Å²) in [5, 5.41) is 10.3. The summed E-state index contributed by atoms with van der Waals surface area (Å²) in [4.78, 5) is 4.24. The van der Waals surface area contributed by atoms with Gasteiger partial charge in [0.05, 0.1) is 6.54 Å². The van der Waals surface area contributed by atoms with Gasteiger partial charge >= 0.3 is 0 Å². The predicted octanol–water partition coefficient (Wildman–Crippen LogP) is 3.37. The Morgan fingerprint density at radius 2 is 2.14 bits per heavy atom. The highest BCUT2D eigenvalue weighted by Crippen LogP contribution is 2.40. The van der Waals surface area contributed by atoms with Crippen LogP contribution in [0.1, 0.15) is 36.0 Å². The first kappa shape index (κ1) is 15.1. The Hall–Kier alpha value is -0.820. The fourth-order valence-electron chi connectivity index (χ4n) is 2.13. The van der Waals surface area contributed by atoms with Gasteiger partial charge in [-0.1, -0.05) is 35.0 Å². The maximum Gasteiger partial charge on any atom is 0.191 e. The topological polar surface area (TPSA) is 69.6 Å². The molecule has 0 aromatic carbocycles. The van der Waals surface area contributed by atoms with Crippen LogP contribution in [0.15, 0.2) is 11.2 Å². The summed E-state index contributed by atoms with van der Waals surface area (Å²) in [5.41, 5.74) is 7.35. The minimum atomic E-state index is 0.400. The Balaban J connectivity index is 1.81. The van der Waals surface area contributed by atoms with E-state index in [1.165, 1.54) is 0 Å². The highest BCUT2D eigenvalue weighted by atomic mass is 35.5. The van der Waals surface area contributed by atoms with E-state index in [9.17, 15) is 0 Å². The molecule has 0 atom stereocenters. The molecule has 21 heavy (non-hydrogen) atoms. The second-order valence-corrected chi connectivity index (χ2v) is 6.72. The van der Waals surface area contributed by atoms with Gasteiger partial charge < -0.3 is 10.3 Å². The first-order chi connectivity index (χ1) is 10.1. The molecule has 8 heteroatoms. The average molecular weight is 344 g/mol. The van der Waals surface area contributed by atoms with Crippen LogP contribution in [0, 0.1) is 6.92 Å². The summed E-state index contributed by atoms with van der Waals surface area (Å²) in [7, 11) is 0. The SMILES string of the molecule is Cc1cc(Cl)c(CSc2nnc(CN)n2C2CC2)c(Cl)n1. The zero-order chi connectivity index (χ0) is 15.0. The third-order valence-corrected chi connectivity index (χ3v) is 4.94. The standard InChI is InChI=1S/C13H15Cl2N5S/c1-7-4-10(14)9(12(15)17-7)6-21-13-19-18-11(5-16)20(13)8-2-3-8/h4,8H,2-3,5-6,16H2,1H3. The Labute approximate surface area is 137 Å². The summed E-state index contributed by atoms with van der Waals surface area (Å²) in [5.74, 6) is 1.44. The molecule has 2 aromatic rings. The van der Waals surface area contributed by atoms with Gasteiger partial charge in [0.15, 0.2) is 5.16 Å². The van der Waals surface area contributed by atoms with E-state index in [-0.39, 0.29) is 0 Å². The molecular weight excluding hydrogens is 329 g/mol. The van der Waals surface area contributed by atoms with E-state index in [1.807, 2.05) is 13.0 Å². The van der Waals surface area contributed by atoms with Crippen molar-refractivity contribution in [1.82, 2.24) is 19.7 Å². The predicted molar refractivity (Wildman–Crippen MR) is 84.7 cm³/mol. The maximum atomic E-state index is 6.25. The van der Waals surface area contributed by atoms with Crippen molar-refractivity contribution < 1.29 is 0 Å². The quantitative estimate of drug-likeness (QED) is 0.665.